The van der Waals surface area contributed by atoms with Crippen LogP contribution in [-0.4, -0.2) is 17.3 Å². The quantitative estimate of drug-likeness (QED) is 0.856. The smallest absolute Gasteiger partial charge is 0.0771 e. The van der Waals surface area contributed by atoms with Gasteiger partial charge < -0.3 is 10.4 Å². The SMILES string of the molecule is Cc1ccc(C)c(C(C)NCC2(O)CCCC2)c1. The summed E-state index contributed by atoms with van der Waals surface area (Å²) in [6.07, 6.45) is 4.21. The molecule has 0 heterocycles. The number of aliphatic hydroxyl groups is 1. The van der Waals surface area contributed by atoms with E-state index < -0.39 is 5.60 Å². The zero-order valence-corrected chi connectivity index (χ0v) is 11.8. The maximum atomic E-state index is 10.3. The highest BCUT2D eigenvalue weighted by molar-refractivity contribution is 5.32. The topological polar surface area (TPSA) is 32.3 Å². The van der Waals surface area contributed by atoms with Gasteiger partial charge in [-0.2, -0.15) is 0 Å². The standard InChI is InChI=1S/C16H25NO/c1-12-6-7-13(2)15(10-12)14(3)17-11-16(18)8-4-5-9-16/h6-7,10,14,17-18H,4-5,8-9,11H2,1-3H3. The fourth-order valence-electron chi connectivity index (χ4n) is 2.89. The van der Waals surface area contributed by atoms with E-state index in [9.17, 15) is 5.11 Å². The van der Waals surface area contributed by atoms with E-state index in [2.05, 4.69) is 44.3 Å². The molecule has 1 aliphatic rings. The van der Waals surface area contributed by atoms with E-state index in [1.165, 1.54) is 16.7 Å². The Morgan fingerprint density at radius 1 is 1.28 bits per heavy atom. The molecule has 0 amide bonds. The van der Waals surface area contributed by atoms with Crippen LogP contribution in [0.2, 0.25) is 0 Å². The Kier molecular flexibility index (Phi) is 4.08. The maximum absolute atomic E-state index is 10.3. The molecular formula is C16H25NO. The van der Waals surface area contributed by atoms with Crippen molar-refractivity contribution in [2.75, 3.05) is 6.54 Å². The molecule has 0 radical (unpaired) electrons. The van der Waals surface area contributed by atoms with E-state index >= 15 is 0 Å². The molecule has 0 saturated heterocycles. The van der Waals surface area contributed by atoms with Crippen LogP contribution < -0.4 is 5.32 Å². The Hall–Kier alpha value is -0.860. The second-order valence-corrected chi connectivity index (χ2v) is 5.89. The van der Waals surface area contributed by atoms with E-state index in [0.717, 1.165) is 25.7 Å². The third-order valence-corrected chi connectivity index (χ3v) is 4.17. The van der Waals surface area contributed by atoms with Gasteiger partial charge in [-0.25, -0.2) is 0 Å². The first kappa shape index (κ1) is 13.6. The van der Waals surface area contributed by atoms with Crippen LogP contribution in [0.4, 0.5) is 0 Å². The van der Waals surface area contributed by atoms with Gasteiger partial charge in [0.25, 0.3) is 0 Å². The molecule has 1 aromatic carbocycles. The van der Waals surface area contributed by atoms with Gasteiger partial charge in [0.1, 0.15) is 0 Å². The average Bonchev–Trinajstić information content (AvgIpc) is 2.77. The number of hydrogen-bond donors (Lipinski definition) is 2. The third-order valence-electron chi connectivity index (χ3n) is 4.17. The van der Waals surface area contributed by atoms with E-state index in [1.807, 2.05) is 0 Å². The summed E-state index contributed by atoms with van der Waals surface area (Å²) in [6, 6.07) is 6.86. The fourth-order valence-corrected chi connectivity index (χ4v) is 2.89. The minimum absolute atomic E-state index is 0.300. The van der Waals surface area contributed by atoms with Crippen molar-refractivity contribution >= 4 is 0 Å². The Balaban J connectivity index is 1.99. The van der Waals surface area contributed by atoms with E-state index in [0.29, 0.717) is 12.6 Å². The van der Waals surface area contributed by atoms with Gasteiger partial charge in [0.15, 0.2) is 0 Å². The summed E-state index contributed by atoms with van der Waals surface area (Å²) in [5, 5.41) is 13.8. The van der Waals surface area contributed by atoms with Crippen molar-refractivity contribution in [2.24, 2.45) is 0 Å². The van der Waals surface area contributed by atoms with E-state index in [1.54, 1.807) is 0 Å². The lowest BCUT2D eigenvalue weighted by atomic mass is 9.98. The summed E-state index contributed by atoms with van der Waals surface area (Å²) in [6.45, 7) is 7.17. The summed E-state index contributed by atoms with van der Waals surface area (Å²) in [5.74, 6) is 0. The summed E-state index contributed by atoms with van der Waals surface area (Å²) >= 11 is 0. The van der Waals surface area contributed by atoms with Gasteiger partial charge in [0.2, 0.25) is 0 Å². The second-order valence-electron chi connectivity index (χ2n) is 5.89. The molecule has 0 spiro atoms. The Morgan fingerprint density at radius 3 is 2.61 bits per heavy atom. The number of rotatable bonds is 4. The molecular weight excluding hydrogens is 222 g/mol. The Morgan fingerprint density at radius 2 is 1.94 bits per heavy atom. The Labute approximate surface area is 110 Å². The number of aryl methyl sites for hydroxylation is 2. The molecule has 1 unspecified atom stereocenters. The maximum Gasteiger partial charge on any atom is 0.0771 e. The molecule has 2 heteroatoms. The van der Waals surface area contributed by atoms with Crippen molar-refractivity contribution in [3.8, 4) is 0 Å². The van der Waals surface area contributed by atoms with Gasteiger partial charge in [-0.05, 0) is 44.7 Å². The molecule has 0 aliphatic heterocycles. The van der Waals surface area contributed by atoms with Crippen molar-refractivity contribution in [3.63, 3.8) is 0 Å². The van der Waals surface area contributed by atoms with Crippen molar-refractivity contribution in [1.29, 1.82) is 0 Å². The van der Waals surface area contributed by atoms with Crippen LogP contribution in [0.1, 0.15) is 55.3 Å². The molecule has 2 N–H and O–H groups in total. The minimum Gasteiger partial charge on any atom is -0.389 e. The van der Waals surface area contributed by atoms with Crippen molar-refractivity contribution in [3.05, 3.63) is 34.9 Å². The predicted octanol–water partition coefficient (Wildman–Crippen LogP) is 3.26. The lowest BCUT2D eigenvalue weighted by molar-refractivity contribution is 0.0453. The zero-order chi connectivity index (χ0) is 13.2. The molecule has 0 bridgehead atoms. The van der Waals surface area contributed by atoms with Crippen LogP contribution in [0, 0.1) is 13.8 Å². The fraction of sp³-hybridized carbons (Fsp3) is 0.625. The molecule has 0 aromatic heterocycles. The highest BCUT2D eigenvalue weighted by atomic mass is 16.3. The van der Waals surface area contributed by atoms with Gasteiger partial charge in [-0.3, -0.25) is 0 Å². The summed E-state index contributed by atoms with van der Waals surface area (Å²) < 4.78 is 0. The summed E-state index contributed by atoms with van der Waals surface area (Å²) in [7, 11) is 0. The van der Waals surface area contributed by atoms with Gasteiger partial charge >= 0.3 is 0 Å². The van der Waals surface area contributed by atoms with Gasteiger partial charge in [0.05, 0.1) is 5.60 Å². The molecule has 2 nitrogen and oxygen atoms in total. The van der Waals surface area contributed by atoms with E-state index in [4.69, 9.17) is 0 Å². The summed E-state index contributed by atoms with van der Waals surface area (Å²) in [4.78, 5) is 0. The van der Waals surface area contributed by atoms with Crippen LogP contribution in [-0.2, 0) is 0 Å². The van der Waals surface area contributed by atoms with Crippen molar-refractivity contribution in [1.82, 2.24) is 5.32 Å². The van der Waals surface area contributed by atoms with Crippen LogP contribution in [0.25, 0.3) is 0 Å². The third kappa shape index (κ3) is 3.12. The van der Waals surface area contributed by atoms with E-state index in [-0.39, 0.29) is 0 Å². The second kappa shape index (κ2) is 5.41. The minimum atomic E-state index is -0.466. The van der Waals surface area contributed by atoms with Crippen LogP contribution in [0.15, 0.2) is 18.2 Å². The Bertz CT molecular complexity index is 408. The molecule has 1 fully saturated rings. The molecule has 1 atom stereocenters. The van der Waals surface area contributed by atoms with Gasteiger partial charge in [-0.15, -0.1) is 0 Å². The monoisotopic (exact) mass is 247 g/mol. The lowest BCUT2D eigenvalue weighted by Gasteiger charge is -2.26. The lowest BCUT2D eigenvalue weighted by Crippen LogP contribution is -2.39. The zero-order valence-electron chi connectivity index (χ0n) is 11.8. The number of hydrogen-bond acceptors (Lipinski definition) is 2. The number of nitrogens with one attached hydrogen (secondary N) is 1. The largest absolute Gasteiger partial charge is 0.389 e. The molecule has 1 saturated carbocycles. The highest BCUT2D eigenvalue weighted by Gasteiger charge is 2.31. The molecule has 1 aliphatic carbocycles. The average molecular weight is 247 g/mol. The molecule has 100 valence electrons. The molecule has 18 heavy (non-hydrogen) atoms. The highest BCUT2D eigenvalue weighted by Crippen LogP contribution is 2.29. The predicted molar refractivity (Wildman–Crippen MR) is 75.8 cm³/mol. The first-order chi connectivity index (χ1) is 8.50. The normalized spacial score (nSPS) is 20.0. The molecule has 2 rings (SSSR count). The van der Waals surface area contributed by atoms with Crippen molar-refractivity contribution < 1.29 is 5.11 Å². The van der Waals surface area contributed by atoms with Gasteiger partial charge in [-0.1, -0.05) is 36.6 Å². The van der Waals surface area contributed by atoms with Crippen LogP contribution in [0.5, 0.6) is 0 Å². The first-order valence-electron chi connectivity index (χ1n) is 7.03. The molecule has 1 aromatic rings. The summed E-state index contributed by atoms with van der Waals surface area (Å²) in [5.41, 5.74) is 3.49. The van der Waals surface area contributed by atoms with Gasteiger partial charge in [0, 0.05) is 12.6 Å². The van der Waals surface area contributed by atoms with Crippen LogP contribution in [0.3, 0.4) is 0 Å². The number of benzene rings is 1. The first-order valence-corrected chi connectivity index (χ1v) is 7.03. The van der Waals surface area contributed by atoms with Crippen molar-refractivity contribution in [2.45, 2.75) is 58.1 Å². The van der Waals surface area contributed by atoms with Crippen LogP contribution >= 0.6 is 0 Å².